The van der Waals surface area contributed by atoms with E-state index in [9.17, 15) is 13.2 Å². The number of sulfonamides is 1. The normalized spacial score (nSPS) is 11.8. The predicted octanol–water partition coefficient (Wildman–Crippen LogP) is 5.71. The summed E-state index contributed by atoms with van der Waals surface area (Å²) in [5.74, 6) is 0.0456. The SMILES string of the molecule is CC(C)c1ccc(C=NOc2ccc(C(=O)NS(=O)(=O)c3ccc(Cl)cc3Cl)cc2)s1. The molecule has 0 spiro atoms. The van der Waals surface area contributed by atoms with Crippen molar-refractivity contribution in [3.8, 4) is 5.75 Å². The summed E-state index contributed by atoms with van der Waals surface area (Å²) >= 11 is 13.3. The van der Waals surface area contributed by atoms with E-state index in [2.05, 4.69) is 25.1 Å². The van der Waals surface area contributed by atoms with Crippen LogP contribution in [0.15, 0.2) is 64.6 Å². The number of carbonyl (C=O) groups is 1. The second-order valence-electron chi connectivity index (χ2n) is 6.75. The molecule has 10 heteroatoms. The fourth-order valence-corrected chi connectivity index (χ4v) is 5.11. The van der Waals surface area contributed by atoms with Gasteiger partial charge in [0.15, 0.2) is 5.75 Å². The van der Waals surface area contributed by atoms with Crippen molar-refractivity contribution in [2.45, 2.75) is 24.7 Å². The smallest absolute Gasteiger partial charge is 0.265 e. The predicted molar refractivity (Wildman–Crippen MR) is 124 cm³/mol. The Bertz CT molecular complexity index is 1220. The zero-order valence-corrected chi connectivity index (χ0v) is 19.6. The number of oxime groups is 1. The number of hydrogen-bond donors (Lipinski definition) is 1. The van der Waals surface area contributed by atoms with E-state index in [1.165, 1.54) is 47.3 Å². The first-order chi connectivity index (χ1) is 14.7. The molecular formula is C21H18Cl2N2O4S2. The molecule has 1 heterocycles. The van der Waals surface area contributed by atoms with Gasteiger partial charge < -0.3 is 4.84 Å². The Balaban J connectivity index is 1.63. The van der Waals surface area contributed by atoms with Gasteiger partial charge in [-0.3, -0.25) is 4.79 Å². The Morgan fingerprint density at radius 1 is 1.10 bits per heavy atom. The second kappa shape index (κ2) is 9.82. The fraction of sp³-hybridized carbons (Fsp3) is 0.143. The van der Waals surface area contributed by atoms with Crippen molar-refractivity contribution in [2.24, 2.45) is 5.16 Å². The number of amides is 1. The minimum atomic E-state index is -4.16. The third-order valence-electron chi connectivity index (χ3n) is 4.08. The topological polar surface area (TPSA) is 84.8 Å². The average molecular weight is 497 g/mol. The van der Waals surface area contributed by atoms with Gasteiger partial charge in [0, 0.05) is 20.3 Å². The summed E-state index contributed by atoms with van der Waals surface area (Å²) in [5, 5.41) is 4.14. The van der Waals surface area contributed by atoms with Crippen LogP contribution >= 0.6 is 34.5 Å². The van der Waals surface area contributed by atoms with Gasteiger partial charge in [-0.25, -0.2) is 13.1 Å². The van der Waals surface area contributed by atoms with Gasteiger partial charge in [0.25, 0.3) is 15.9 Å². The van der Waals surface area contributed by atoms with Crippen molar-refractivity contribution < 1.29 is 18.0 Å². The maximum absolute atomic E-state index is 12.4. The molecule has 0 fully saturated rings. The monoisotopic (exact) mass is 496 g/mol. The maximum atomic E-state index is 12.4. The number of halogens is 2. The van der Waals surface area contributed by atoms with Gasteiger partial charge in [-0.2, -0.15) is 0 Å². The molecule has 0 aliphatic heterocycles. The highest BCUT2D eigenvalue weighted by molar-refractivity contribution is 7.90. The molecule has 1 aromatic heterocycles. The lowest BCUT2D eigenvalue weighted by Crippen LogP contribution is -2.30. The molecule has 0 unspecified atom stereocenters. The van der Waals surface area contributed by atoms with E-state index in [1.54, 1.807) is 17.6 Å². The summed E-state index contributed by atoms with van der Waals surface area (Å²) in [4.78, 5) is 19.6. The van der Waals surface area contributed by atoms with Crippen LogP contribution in [0, 0.1) is 0 Å². The Hall–Kier alpha value is -2.39. The third kappa shape index (κ3) is 6.07. The highest BCUT2D eigenvalue weighted by Gasteiger charge is 2.21. The minimum Gasteiger partial charge on any atom is -0.357 e. The minimum absolute atomic E-state index is 0.0827. The summed E-state index contributed by atoms with van der Waals surface area (Å²) in [5.41, 5.74) is 0.129. The first-order valence-electron chi connectivity index (χ1n) is 9.08. The van der Waals surface area contributed by atoms with E-state index in [1.807, 2.05) is 10.8 Å². The molecule has 1 amide bonds. The third-order valence-corrected chi connectivity index (χ3v) is 7.45. The number of nitrogens with one attached hydrogen (secondary N) is 1. The number of benzene rings is 2. The molecule has 1 N–H and O–H groups in total. The number of nitrogens with zero attached hydrogens (tertiary/aromatic N) is 1. The molecule has 0 saturated carbocycles. The van der Waals surface area contributed by atoms with Crippen molar-refractivity contribution in [3.63, 3.8) is 0 Å². The van der Waals surface area contributed by atoms with E-state index in [0.717, 1.165) is 4.88 Å². The van der Waals surface area contributed by atoms with E-state index in [4.69, 9.17) is 28.0 Å². The number of carbonyl (C=O) groups excluding carboxylic acids is 1. The lowest BCUT2D eigenvalue weighted by Gasteiger charge is -2.09. The van der Waals surface area contributed by atoms with Gasteiger partial charge in [0.2, 0.25) is 0 Å². The van der Waals surface area contributed by atoms with Crippen LogP contribution < -0.4 is 9.56 Å². The molecule has 0 bridgehead atoms. The van der Waals surface area contributed by atoms with Crippen LogP contribution in [-0.4, -0.2) is 20.5 Å². The largest absolute Gasteiger partial charge is 0.357 e. The summed E-state index contributed by atoms with van der Waals surface area (Å²) in [6.45, 7) is 4.24. The standard InChI is InChI=1S/C21H18Cl2N2O4S2/c1-13(2)19-9-8-17(30-19)12-24-29-16-6-3-14(4-7-16)21(26)25-31(27,28)20-10-5-15(22)11-18(20)23/h3-13H,1-2H3,(H,25,26). The first kappa shape index (κ1) is 23.3. The van der Waals surface area contributed by atoms with Crippen LogP contribution in [-0.2, 0) is 10.0 Å². The highest BCUT2D eigenvalue weighted by atomic mass is 35.5. The van der Waals surface area contributed by atoms with Crippen LogP contribution in [0.1, 0.15) is 39.9 Å². The zero-order chi connectivity index (χ0) is 22.6. The van der Waals surface area contributed by atoms with Crippen LogP contribution in [0.25, 0.3) is 0 Å². The van der Waals surface area contributed by atoms with Gasteiger partial charge in [0.05, 0.1) is 11.2 Å². The molecule has 162 valence electrons. The van der Waals surface area contributed by atoms with Gasteiger partial charge in [-0.1, -0.05) is 42.2 Å². The fourth-order valence-electron chi connectivity index (χ4n) is 2.48. The van der Waals surface area contributed by atoms with Crippen molar-refractivity contribution in [1.29, 1.82) is 0 Å². The molecule has 3 rings (SSSR count). The van der Waals surface area contributed by atoms with Crippen molar-refractivity contribution >= 4 is 56.7 Å². The Kier molecular flexibility index (Phi) is 7.38. The van der Waals surface area contributed by atoms with E-state index >= 15 is 0 Å². The lowest BCUT2D eigenvalue weighted by atomic mass is 10.2. The molecular weight excluding hydrogens is 479 g/mol. The van der Waals surface area contributed by atoms with Crippen molar-refractivity contribution in [2.75, 3.05) is 0 Å². The van der Waals surface area contributed by atoms with E-state index < -0.39 is 15.9 Å². The number of hydrogen-bond acceptors (Lipinski definition) is 6. The van der Waals surface area contributed by atoms with Gasteiger partial charge in [0.1, 0.15) is 4.90 Å². The Labute approximate surface area is 194 Å². The van der Waals surface area contributed by atoms with E-state index in [0.29, 0.717) is 11.7 Å². The highest BCUT2D eigenvalue weighted by Crippen LogP contribution is 2.25. The molecule has 31 heavy (non-hydrogen) atoms. The lowest BCUT2D eigenvalue weighted by molar-refractivity contribution is 0.0981. The summed E-state index contributed by atoms with van der Waals surface area (Å²) < 4.78 is 26.8. The molecule has 6 nitrogen and oxygen atoms in total. The molecule has 0 atom stereocenters. The summed E-state index contributed by atoms with van der Waals surface area (Å²) in [7, 11) is -4.16. The second-order valence-corrected chi connectivity index (χ2v) is 10.4. The van der Waals surface area contributed by atoms with Crippen molar-refractivity contribution in [3.05, 3.63) is 80.0 Å². The van der Waals surface area contributed by atoms with Crippen LogP contribution in [0.2, 0.25) is 10.0 Å². The van der Waals surface area contributed by atoms with Crippen LogP contribution in [0.3, 0.4) is 0 Å². The zero-order valence-electron chi connectivity index (χ0n) is 16.5. The Morgan fingerprint density at radius 2 is 1.81 bits per heavy atom. The van der Waals surface area contributed by atoms with Gasteiger partial charge in [-0.05, 0) is 60.5 Å². The molecule has 0 radical (unpaired) electrons. The van der Waals surface area contributed by atoms with Crippen molar-refractivity contribution in [1.82, 2.24) is 4.72 Å². The van der Waals surface area contributed by atoms with Crippen LogP contribution in [0.5, 0.6) is 5.75 Å². The van der Waals surface area contributed by atoms with E-state index in [-0.39, 0.29) is 20.5 Å². The summed E-state index contributed by atoms with van der Waals surface area (Å²) in [6.07, 6.45) is 1.61. The molecule has 0 saturated heterocycles. The number of rotatable bonds is 7. The van der Waals surface area contributed by atoms with Gasteiger partial charge >= 0.3 is 0 Å². The van der Waals surface area contributed by atoms with Gasteiger partial charge in [-0.15, -0.1) is 11.3 Å². The summed E-state index contributed by atoms with van der Waals surface area (Å²) in [6, 6.07) is 13.8. The number of thiophene rings is 1. The molecule has 2 aromatic carbocycles. The molecule has 3 aromatic rings. The Morgan fingerprint density at radius 3 is 2.42 bits per heavy atom. The van der Waals surface area contributed by atoms with Crippen LogP contribution in [0.4, 0.5) is 0 Å². The molecule has 0 aliphatic carbocycles. The first-order valence-corrected chi connectivity index (χ1v) is 12.1. The quantitative estimate of drug-likeness (QED) is 0.335. The average Bonchev–Trinajstić information content (AvgIpc) is 3.17. The molecule has 0 aliphatic rings. The maximum Gasteiger partial charge on any atom is 0.265 e.